The van der Waals surface area contributed by atoms with E-state index in [0.717, 1.165) is 12.8 Å². The molecule has 2 atom stereocenters. The lowest BCUT2D eigenvalue weighted by molar-refractivity contribution is -0.131. The molecule has 2 fully saturated rings. The molecule has 2 unspecified atom stereocenters. The second kappa shape index (κ2) is 2.41. The lowest BCUT2D eigenvalue weighted by atomic mass is 9.69. The number of Topliss-reactive ketones (excluding diaryl/α,β-unsaturated/α-hetero) is 2. The first-order valence-electron chi connectivity index (χ1n) is 4.68. The Balaban J connectivity index is 2.24. The van der Waals surface area contributed by atoms with Gasteiger partial charge in [0.05, 0.1) is 0 Å². The third-order valence-corrected chi connectivity index (χ3v) is 3.66. The zero-order valence-electron chi connectivity index (χ0n) is 7.43. The van der Waals surface area contributed by atoms with E-state index < -0.39 is 0 Å². The highest BCUT2D eigenvalue weighted by Gasteiger charge is 2.48. The molecule has 0 aliphatic heterocycles. The van der Waals surface area contributed by atoms with Gasteiger partial charge in [-0.1, -0.05) is 6.92 Å². The summed E-state index contributed by atoms with van der Waals surface area (Å²) in [6.07, 6.45) is 3.73. The van der Waals surface area contributed by atoms with Crippen LogP contribution in [0.4, 0.5) is 0 Å². The second-order valence-electron chi connectivity index (χ2n) is 4.32. The Morgan fingerprint density at radius 2 is 2.08 bits per heavy atom. The molecule has 0 radical (unpaired) electrons. The normalized spacial score (nSPS) is 41.6. The van der Waals surface area contributed by atoms with E-state index in [2.05, 4.69) is 0 Å². The van der Waals surface area contributed by atoms with Gasteiger partial charge in [-0.2, -0.15) is 0 Å². The lowest BCUT2D eigenvalue weighted by Crippen LogP contribution is -2.35. The van der Waals surface area contributed by atoms with Crippen molar-refractivity contribution in [2.75, 3.05) is 0 Å². The van der Waals surface area contributed by atoms with Crippen molar-refractivity contribution >= 4 is 11.6 Å². The monoisotopic (exact) mass is 166 g/mol. The van der Waals surface area contributed by atoms with Crippen molar-refractivity contribution < 1.29 is 9.59 Å². The van der Waals surface area contributed by atoms with Crippen LogP contribution in [0.1, 0.15) is 39.0 Å². The standard InChI is InChI=1S/C10H14O2/c1-10-5-4-8(11)6-7(10)2-3-9(10)12/h7H,2-6H2,1H3. The van der Waals surface area contributed by atoms with Gasteiger partial charge in [0, 0.05) is 24.7 Å². The van der Waals surface area contributed by atoms with Crippen LogP contribution in [0, 0.1) is 11.3 Å². The summed E-state index contributed by atoms with van der Waals surface area (Å²) in [5, 5.41) is 0. The van der Waals surface area contributed by atoms with Crippen LogP contribution in [0.25, 0.3) is 0 Å². The van der Waals surface area contributed by atoms with Gasteiger partial charge < -0.3 is 0 Å². The van der Waals surface area contributed by atoms with Crippen LogP contribution < -0.4 is 0 Å². The fourth-order valence-corrected chi connectivity index (χ4v) is 2.58. The van der Waals surface area contributed by atoms with E-state index in [1.54, 1.807) is 0 Å². The van der Waals surface area contributed by atoms with Gasteiger partial charge in [-0.15, -0.1) is 0 Å². The molecule has 0 aromatic heterocycles. The molecule has 0 saturated heterocycles. The molecule has 0 N–H and O–H groups in total. The molecular weight excluding hydrogens is 152 g/mol. The predicted octanol–water partition coefficient (Wildman–Crippen LogP) is 1.72. The van der Waals surface area contributed by atoms with Crippen molar-refractivity contribution in [2.45, 2.75) is 39.0 Å². The smallest absolute Gasteiger partial charge is 0.139 e. The van der Waals surface area contributed by atoms with Crippen LogP contribution in [0.15, 0.2) is 0 Å². The topological polar surface area (TPSA) is 34.1 Å². The third-order valence-electron chi connectivity index (χ3n) is 3.66. The average Bonchev–Trinajstić information content (AvgIpc) is 2.31. The molecule has 0 heterocycles. The number of carbonyl (C=O) groups excluding carboxylic acids is 2. The molecule has 0 bridgehead atoms. The number of hydrogen-bond donors (Lipinski definition) is 0. The molecule has 2 nitrogen and oxygen atoms in total. The average molecular weight is 166 g/mol. The number of ketones is 2. The Bertz CT molecular complexity index is 244. The van der Waals surface area contributed by atoms with Crippen molar-refractivity contribution in [3.63, 3.8) is 0 Å². The van der Waals surface area contributed by atoms with Gasteiger partial charge >= 0.3 is 0 Å². The summed E-state index contributed by atoms with van der Waals surface area (Å²) < 4.78 is 0. The molecule has 0 aromatic rings. The minimum absolute atomic E-state index is 0.131. The maximum absolute atomic E-state index is 11.5. The molecule has 2 saturated carbocycles. The summed E-state index contributed by atoms with van der Waals surface area (Å²) in [7, 11) is 0. The Morgan fingerprint density at radius 1 is 1.33 bits per heavy atom. The highest BCUT2D eigenvalue weighted by molar-refractivity contribution is 5.91. The molecule has 0 amide bonds. The number of fused-ring (bicyclic) bond motifs is 1. The van der Waals surface area contributed by atoms with Gasteiger partial charge in [0.1, 0.15) is 11.6 Å². The summed E-state index contributed by atoms with van der Waals surface area (Å²) in [5.74, 6) is 1.11. The number of hydrogen-bond acceptors (Lipinski definition) is 2. The number of carbonyl (C=O) groups is 2. The van der Waals surface area contributed by atoms with Crippen molar-refractivity contribution in [1.82, 2.24) is 0 Å². The van der Waals surface area contributed by atoms with Crippen LogP contribution in [-0.2, 0) is 9.59 Å². The third kappa shape index (κ3) is 0.936. The van der Waals surface area contributed by atoms with E-state index in [0.29, 0.717) is 36.7 Å². The molecule has 2 aliphatic rings. The molecule has 0 spiro atoms. The van der Waals surface area contributed by atoms with E-state index in [9.17, 15) is 9.59 Å². The van der Waals surface area contributed by atoms with Crippen LogP contribution >= 0.6 is 0 Å². The first-order valence-corrected chi connectivity index (χ1v) is 4.68. The summed E-state index contributed by atoms with van der Waals surface area (Å²) >= 11 is 0. The van der Waals surface area contributed by atoms with Crippen molar-refractivity contribution in [2.24, 2.45) is 11.3 Å². The van der Waals surface area contributed by atoms with Crippen LogP contribution in [0.5, 0.6) is 0 Å². The van der Waals surface area contributed by atoms with Gasteiger partial charge in [-0.25, -0.2) is 0 Å². The molecular formula is C10H14O2. The SMILES string of the molecule is CC12CCC(=O)CC1CCC2=O. The first-order chi connectivity index (χ1) is 5.63. The highest BCUT2D eigenvalue weighted by Crippen LogP contribution is 2.48. The fourth-order valence-electron chi connectivity index (χ4n) is 2.58. The zero-order chi connectivity index (χ0) is 8.77. The minimum Gasteiger partial charge on any atom is -0.300 e. The van der Waals surface area contributed by atoms with Crippen LogP contribution in [0.2, 0.25) is 0 Å². The fraction of sp³-hybridized carbons (Fsp3) is 0.800. The molecule has 0 aromatic carbocycles. The van der Waals surface area contributed by atoms with Crippen molar-refractivity contribution in [1.29, 1.82) is 0 Å². The highest BCUT2D eigenvalue weighted by atomic mass is 16.1. The Morgan fingerprint density at radius 3 is 2.83 bits per heavy atom. The number of rotatable bonds is 0. The van der Waals surface area contributed by atoms with Gasteiger partial charge in [-0.3, -0.25) is 9.59 Å². The van der Waals surface area contributed by atoms with Crippen LogP contribution in [-0.4, -0.2) is 11.6 Å². The van der Waals surface area contributed by atoms with Crippen molar-refractivity contribution in [3.05, 3.63) is 0 Å². The molecule has 2 heteroatoms. The molecule has 12 heavy (non-hydrogen) atoms. The first kappa shape index (κ1) is 7.96. The van der Waals surface area contributed by atoms with Gasteiger partial charge in [0.2, 0.25) is 0 Å². The van der Waals surface area contributed by atoms with Gasteiger partial charge in [-0.05, 0) is 18.8 Å². The van der Waals surface area contributed by atoms with Crippen molar-refractivity contribution in [3.8, 4) is 0 Å². The molecule has 2 rings (SSSR count). The maximum atomic E-state index is 11.5. The predicted molar refractivity (Wildman–Crippen MR) is 44.7 cm³/mol. The lowest BCUT2D eigenvalue weighted by Gasteiger charge is -2.33. The minimum atomic E-state index is -0.131. The van der Waals surface area contributed by atoms with E-state index in [-0.39, 0.29) is 5.41 Å². The van der Waals surface area contributed by atoms with E-state index in [1.165, 1.54) is 0 Å². The second-order valence-corrected chi connectivity index (χ2v) is 4.32. The van der Waals surface area contributed by atoms with Gasteiger partial charge in [0.25, 0.3) is 0 Å². The summed E-state index contributed by atoms with van der Waals surface area (Å²) in [6, 6.07) is 0. The van der Waals surface area contributed by atoms with Gasteiger partial charge in [0.15, 0.2) is 0 Å². The molecule has 2 aliphatic carbocycles. The van der Waals surface area contributed by atoms with E-state index in [4.69, 9.17) is 0 Å². The summed E-state index contributed by atoms with van der Waals surface area (Å²) in [5.41, 5.74) is -0.131. The Labute approximate surface area is 72.3 Å². The van der Waals surface area contributed by atoms with Crippen LogP contribution in [0.3, 0.4) is 0 Å². The maximum Gasteiger partial charge on any atom is 0.139 e. The largest absolute Gasteiger partial charge is 0.300 e. The summed E-state index contributed by atoms with van der Waals surface area (Å²) in [4.78, 5) is 22.7. The summed E-state index contributed by atoms with van der Waals surface area (Å²) in [6.45, 7) is 2.04. The zero-order valence-corrected chi connectivity index (χ0v) is 7.43. The molecule has 66 valence electrons. The van der Waals surface area contributed by atoms with E-state index in [1.807, 2.05) is 6.92 Å². The Hall–Kier alpha value is -0.660. The van der Waals surface area contributed by atoms with E-state index >= 15 is 0 Å². The quantitative estimate of drug-likeness (QED) is 0.549. The Kier molecular flexibility index (Phi) is 1.60.